The van der Waals surface area contributed by atoms with Gasteiger partial charge in [0.15, 0.2) is 11.5 Å². The number of halogens is 2. The lowest BCUT2D eigenvalue weighted by molar-refractivity contribution is 0.213. The van der Waals surface area contributed by atoms with E-state index in [9.17, 15) is 9.50 Å². The van der Waals surface area contributed by atoms with Crippen LogP contribution in [0.5, 0.6) is 11.5 Å². The minimum absolute atomic E-state index is 0.0466. The van der Waals surface area contributed by atoms with E-state index in [2.05, 4.69) is 0 Å². The molecule has 17 heavy (non-hydrogen) atoms. The summed E-state index contributed by atoms with van der Waals surface area (Å²) in [5.41, 5.74) is -0.145. The van der Waals surface area contributed by atoms with Gasteiger partial charge in [-0.3, -0.25) is 0 Å². The van der Waals surface area contributed by atoms with E-state index >= 15 is 0 Å². The maximum absolute atomic E-state index is 14.0. The second-order valence-corrected chi connectivity index (χ2v) is 4.74. The first-order valence-electron chi connectivity index (χ1n) is 5.10. The number of rotatable bonds is 4. The van der Waals surface area contributed by atoms with Gasteiger partial charge in [0.25, 0.3) is 0 Å². The zero-order valence-corrected chi connectivity index (χ0v) is 11.1. The van der Waals surface area contributed by atoms with Gasteiger partial charge in [-0.05, 0) is 6.07 Å². The van der Waals surface area contributed by atoms with E-state index in [4.69, 9.17) is 21.1 Å². The van der Waals surface area contributed by atoms with Crippen LogP contribution >= 0.6 is 11.6 Å². The smallest absolute Gasteiger partial charge is 0.208 e. The highest BCUT2D eigenvalue weighted by Crippen LogP contribution is 2.41. The highest BCUT2D eigenvalue weighted by atomic mass is 35.5. The molecule has 0 atom stereocenters. The fourth-order valence-corrected chi connectivity index (χ4v) is 1.83. The average molecular weight is 263 g/mol. The molecule has 0 heterocycles. The Bertz CT molecular complexity index is 419. The van der Waals surface area contributed by atoms with Gasteiger partial charge in [-0.25, -0.2) is 0 Å². The van der Waals surface area contributed by atoms with E-state index in [1.165, 1.54) is 14.2 Å². The molecule has 0 aliphatic heterocycles. The normalized spacial score (nSPS) is 11.5. The van der Waals surface area contributed by atoms with Crippen molar-refractivity contribution in [1.29, 1.82) is 0 Å². The van der Waals surface area contributed by atoms with Crippen molar-refractivity contribution in [2.24, 2.45) is 0 Å². The van der Waals surface area contributed by atoms with Crippen LogP contribution in [0.25, 0.3) is 0 Å². The Hall–Kier alpha value is -1.00. The summed E-state index contributed by atoms with van der Waals surface area (Å²) in [5, 5.41) is 9.48. The molecule has 0 aliphatic rings. The fourth-order valence-electron chi connectivity index (χ4n) is 1.56. The Kier molecular flexibility index (Phi) is 4.22. The second-order valence-electron chi connectivity index (χ2n) is 4.33. The lowest BCUT2D eigenvalue weighted by Gasteiger charge is -2.25. The molecule has 0 radical (unpaired) electrons. The van der Waals surface area contributed by atoms with Crippen LogP contribution in [0.15, 0.2) is 6.07 Å². The SMILES string of the molecule is COc1c(Cl)cc(C(C)(C)CO)c(OC)c1F. The molecule has 0 aromatic heterocycles. The maximum Gasteiger partial charge on any atom is 0.208 e. The topological polar surface area (TPSA) is 38.7 Å². The molecule has 3 nitrogen and oxygen atoms in total. The van der Waals surface area contributed by atoms with Crippen LogP contribution in [-0.4, -0.2) is 25.9 Å². The summed E-state index contributed by atoms with van der Waals surface area (Å²) in [7, 11) is 2.70. The van der Waals surface area contributed by atoms with Crippen LogP contribution in [-0.2, 0) is 5.41 Å². The summed E-state index contributed by atoms with van der Waals surface area (Å²) < 4.78 is 24.0. The highest BCUT2D eigenvalue weighted by Gasteiger charge is 2.29. The molecule has 1 N–H and O–H groups in total. The molecule has 5 heteroatoms. The minimum Gasteiger partial charge on any atom is -0.493 e. The van der Waals surface area contributed by atoms with Crippen molar-refractivity contribution in [3.05, 3.63) is 22.5 Å². The summed E-state index contributed by atoms with van der Waals surface area (Å²) in [6.07, 6.45) is 0. The molecule has 0 fully saturated rings. The average Bonchev–Trinajstić information content (AvgIpc) is 2.29. The molecule has 0 bridgehead atoms. The van der Waals surface area contributed by atoms with Crippen LogP contribution in [0, 0.1) is 5.82 Å². The van der Waals surface area contributed by atoms with Crippen molar-refractivity contribution in [1.82, 2.24) is 0 Å². The Morgan fingerprint density at radius 3 is 2.24 bits per heavy atom. The fraction of sp³-hybridized carbons (Fsp3) is 0.500. The zero-order chi connectivity index (χ0) is 13.2. The van der Waals surface area contributed by atoms with E-state index in [1.54, 1.807) is 19.9 Å². The quantitative estimate of drug-likeness (QED) is 0.907. The molecule has 96 valence electrons. The molecule has 0 unspecified atom stereocenters. The van der Waals surface area contributed by atoms with Crippen molar-refractivity contribution < 1.29 is 19.0 Å². The monoisotopic (exact) mass is 262 g/mol. The standard InChI is InChI=1S/C12H16ClFO3/c1-12(2,6-15)7-5-8(13)11(17-4)9(14)10(7)16-3/h5,15H,6H2,1-4H3. The molecular weight excluding hydrogens is 247 g/mol. The van der Waals surface area contributed by atoms with Gasteiger partial charge in [0.05, 0.1) is 25.8 Å². The summed E-state index contributed by atoms with van der Waals surface area (Å²) >= 11 is 5.92. The van der Waals surface area contributed by atoms with E-state index in [1.807, 2.05) is 0 Å². The first-order chi connectivity index (χ1) is 7.88. The Morgan fingerprint density at radius 2 is 1.82 bits per heavy atom. The largest absolute Gasteiger partial charge is 0.493 e. The predicted molar refractivity (Wildman–Crippen MR) is 64.6 cm³/mol. The van der Waals surface area contributed by atoms with Gasteiger partial charge in [0.1, 0.15) is 0 Å². The van der Waals surface area contributed by atoms with Crippen LogP contribution in [0.2, 0.25) is 5.02 Å². The van der Waals surface area contributed by atoms with Gasteiger partial charge in [0, 0.05) is 11.0 Å². The van der Waals surface area contributed by atoms with E-state index in [0.29, 0.717) is 5.56 Å². The minimum atomic E-state index is -0.654. The third-order valence-corrected chi connectivity index (χ3v) is 2.94. The van der Waals surface area contributed by atoms with Crippen LogP contribution < -0.4 is 9.47 Å². The van der Waals surface area contributed by atoms with Gasteiger partial charge < -0.3 is 14.6 Å². The predicted octanol–water partition coefficient (Wildman–Crippen LogP) is 2.77. The Morgan fingerprint density at radius 1 is 1.29 bits per heavy atom. The van der Waals surface area contributed by atoms with E-state index < -0.39 is 11.2 Å². The van der Waals surface area contributed by atoms with Crippen LogP contribution in [0.1, 0.15) is 19.4 Å². The van der Waals surface area contributed by atoms with Gasteiger partial charge in [-0.15, -0.1) is 0 Å². The van der Waals surface area contributed by atoms with E-state index in [0.717, 1.165) is 0 Å². The number of ether oxygens (including phenoxy) is 2. The lowest BCUT2D eigenvalue weighted by Crippen LogP contribution is -2.23. The van der Waals surface area contributed by atoms with Crippen molar-refractivity contribution in [3.8, 4) is 11.5 Å². The summed E-state index contributed by atoms with van der Waals surface area (Å²) in [6, 6.07) is 1.55. The maximum atomic E-state index is 14.0. The summed E-state index contributed by atoms with van der Waals surface area (Å²) in [5.74, 6) is -0.662. The Labute approximate surface area is 105 Å². The van der Waals surface area contributed by atoms with Crippen molar-refractivity contribution in [2.45, 2.75) is 19.3 Å². The third-order valence-electron chi connectivity index (χ3n) is 2.66. The number of aliphatic hydroxyl groups is 1. The van der Waals surface area contributed by atoms with Gasteiger partial charge in [0.2, 0.25) is 5.82 Å². The van der Waals surface area contributed by atoms with E-state index in [-0.39, 0.29) is 23.1 Å². The van der Waals surface area contributed by atoms with Crippen molar-refractivity contribution in [3.63, 3.8) is 0 Å². The second kappa shape index (κ2) is 5.10. The molecule has 0 saturated carbocycles. The summed E-state index contributed by atoms with van der Waals surface area (Å²) in [4.78, 5) is 0. The van der Waals surface area contributed by atoms with Crippen LogP contribution in [0.3, 0.4) is 0 Å². The summed E-state index contributed by atoms with van der Waals surface area (Å²) in [6.45, 7) is 3.39. The highest BCUT2D eigenvalue weighted by molar-refractivity contribution is 6.32. The third kappa shape index (κ3) is 2.48. The van der Waals surface area contributed by atoms with Gasteiger partial charge >= 0.3 is 0 Å². The number of hydrogen-bond acceptors (Lipinski definition) is 3. The molecule has 0 aliphatic carbocycles. The molecule has 0 spiro atoms. The lowest BCUT2D eigenvalue weighted by atomic mass is 9.84. The van der Waals surface area contributed by atoms with Crippen molar-refractivity contribution in [2.75, 3.05) is 20.8 Å². The number of benzene rings is 1. The molecule has 0 amide bonds. The first-order valence-corrected chi connectivity index (χ1v) is 5.48. The molecule has 1 aromatic carbocycles. The van der Waals surface area contributed by atoms with Crippen LogP contribution in [0.4, 0.5) is 4.39 Å². The number of methoxy groups -OCH3 is 2. The molecule has 0 saturated heterocycles. The molecule has 1 aromatic rings. The molecular formula is C12H16ClFO3. The number of hydrogen-bond donors (Lipinski definition) is 1. The Balaban J connectivity index is 3.52. The molecule has 1 rings (SSSR count). The van der Waals surface area contributed by atoms with Gasteiger partial charge in [-0.1, -0.05) is 25.4 Å². The van der Waals surface area contributed by atoms with Crippen molar-refractivity contribution >= 4 is 11.6 Å². The zero-order valence-electron chi connectivity index (χ0n) is 10.3. The van der Waals surface area contributed by atoms with Gasteiger partial charge in [-0.2, -0.15) is 4.39 Å². The first kappa shape index (κ1) is 14.1. The number of aliphatic hydroxyl groups excluding tert-OH is 1.